The third-order valence-corrected chi connectivity index (χ3v) is 4.31. The molecule has 2 aromatic carbocycles. The molecule has 0 fully saturated rings. The highest BCUT2D eigenvalue weighted by Gasteiger charge is 2.16. The van der Waals surface area contributed by atoms with Crippen molar-refractivity contribution in [1.82, 2.24) is 15.1 Å². The molecule has 1 aromatic heterocycles. The van der Waals surface area contributed by atoms with Crippen LogP contribution in [0.2, 0.25) is 0 Å². The van der Waals surface area contributed by atoms with Crippen LogP contribution in [0.5, 0.6) is 17.2 Å². The molecule has 138 valence electrons. The number of nitrogens with zero attached hydrogens (tertiary/aromatic N) is 2. The van der Waals surface area contributed by atoms with E-state index >= 15 is 0 Å². The van der Waals surface area contributed by atoms with Crippen molar-refractivity contribution < 1.29 is 19.0 Å². The van der Waals surface area contributed by atoms with E-state index in [-0.39, 0.29) is 12.7 Å². The second-order valence-electron chi connectivity index (χ2n) is 6.15. The summed E-state index contributed by atoms with van der Waals surface area (Å²) in [5, 5.41) is 7.32. The van der Waals surface area contributed by atoms with E-state index in [4.69, 9.17) is 14.2 Å². The zero-order chi connectivity index (χ0) is 18.8. The van der Waals surface area contributed by atoms with Gasteiger partial charge in [-0.3, -0.25) is 4.79 Å². The van der Waals surface area contributed by atoms with Crippen molar-refractivity contribution in [2.75, 3.05) is 13.9 Å². The fraction of sp³-hybridized carbons (Fsp3) is 0.200. The van der Waals surface area contributed by atoms with Gasteiger partial charge in [-0.25, -0.2) is 4.68 Å². The minimum Gasteiger partial charge on any atom is -0.497 e. The molecule has 1 N–H and O–H groups in total. The highest BCUT2D eigenvalue weighted by Crippen LogP contribution is 2.32. The maximum absolute atomic E-state index is 12.5. The first-order valence-corrected chi connectivity index (χ1v) is 8.52. The minimum atomic E-state index is -0.239. The first-order chi connectivity index (χ1) is 13.1. The molecule has 0 unspecified atom stereocenters. The summed E-state index contributed by atoms with van der Waals surface area (Å²) in [6, 6.07) is 14.9. The molecule has 4 rings (SSSR count). The third kappa shape index (κ3) is 3.44. The quantitative estimate of drug-likeness (QED) is 0.753. The zero-order valence-electron chi connectivity index (χ0n) is 15.1. The maximum Gasteiger partial charge on any atom is 0.272 e. The topological polar surface area (TPSA) is 74.6 Å². The molecule has 7 heteroatoms. The molecule has 2 heterocycles. The number of aromatic nitrogens is 2. The molecule has 0 saturated heterocycles. The van der Waals surface area contributed by atoms with Crippen LogP contribution >= 0.6 is 0 Å². The van der Waals surface area contributed by atoms with Crippen LogP contribution in [0.25, 0.3) is 5.69 Å². The molecule has 0 bridgehead atoms. The monoisotopic (exact) mass is 365 g/mol. The van der Waals surface area contributed by atoms with E-state index in [1.165, 1.54) is 0 Å². The van der Waals surface area contributed by atoms with E-state index in [0.717, 1.165) is 28.4 Å². The van der Waals surface area contributed by atoms with Crippen molar-refractivity contribution in [1.29, 1.82) is 0 Å². The largest absolute Gasteiger partial charge is 0.497 e. The number of nitrogens with one attached hydrogen (secondary N) is 1. The summed E-state index contributed by atoms with van der Waals surface area (Å²) in [4.78, 5) is 12.5. The van der Waals surface area contributed by atoms with Gasteiger partial charge in [0.2, 0.25) is 6.79 Å². The molecule has 1 amide bonds. The maximum atomic E-state index is 12.5. The minimum absolute atomic E-state index is 0.228. The molecule has 7 nitrogen and oxygen atoms in total. The van der Waals surface area contributed by atoms with Gasteiger partial charge >= 0.3 is 0 Å². The Bertz CT molecular complexity index is 997. The molecule has 0 saturated carbocycles. The summed E-state index contributed by atoms with van der Waals surface area (Å²) in [5.74, 6) is 1.91. The lowest BCUT2D eigenvalue weighted by Gasteiger charge is -2.06. The van der Waals surface area contributed by atoms with Crippen molar-refractivity contribution in [3.05, 3.63) is 65.5 Å². The summed E-state index contributed by atoms with van der Waals surface area (Å²) in [6.07, 6.45) is 0. The van der Waals surface area contributed by atoms with Gasteiger partial charge in [0.25, 0.3) is 5.91 Å². The number of carbonyl (C=O) groups is 1. The second-order valence-corrected chi connectivity index (χ2v) is 6.15. The Balaban J connectivity index is 1.48. The summed E-state index contributed by atoms with van der Waals surface area (Å²) >= 11 is 0. The average Bonchev–Trinajstić information content (AvgIpc) is 3.32. The highest BCUT2D eigenvalue weighted by atomic mass is 16.7. The van der Waals surface area contributed by atoms with Gasteiger partial charge in [0.1, 0.15) is 5.75 Å². The normalized spacial score (nSPS) is 12.1. The number of hydrogen-bond acceptors (Lipinski definition) is 5. The van der Waals surface area contributed by atoms with Crippen LogP contribution in [-0.4, -0.2) is 29.6 Å². The van der Waals surface area contributed by atoms with Gasteiger partial charge < -0.3 is 19.5 Å². The zero-order valence-corrected chi connectivity index (χ0v) is 15.1. The van der Waals surface area contributed by atoms with Gasteiger partial charge in [0.05, 0.1) is 12.8 Å². The highest BCUT2D eigenvalue weighted by molar-refractivity contribution is 5.92. The van der Waals surface area contributed by atoms with E-state index in [9.17, 15) is 4.79 Å². The second kappa shape index (κ2) is 7.03. The summed E-state index contributed by atoms with van der Waals surface area (Å²) in [6.45, 7) is 2.51. The van der Waals surface area contributed by atoms with E-state index in [0.29, 0.717) is 18.0 Å². The average molecular weight is 365 g/mol. The van der Waals surface area contributed by atoms with Gasteiger partial charge in [-0.1, -0.05) is 12.1 Å². The Hall–Kier alpha value is -3.48. The smallest absolute Gasteiger partial charge is 0.272 e. The van der Waals surface area contributed by atoms with Crippen LogP contribution in [-0.2, 0) is 6.54 Å². The van der Waals surface area contributed by atoms with E-state index in [1.54, 1.807) is 17.9 Å². The number of methoxy groups -OCH3 is 1. The first-order valence-electron chi connectivity index (χ1n) is 8.52. The number of amides is 1. The number of rotatable bonds is 5. The fourth-order valence-corrected chi connectivity index (χ4v) is 2.91. The lowest BCUT2D eigenvalue weighted by atomic mass is 10.2. The van der Waals surface area contributed by atoms with Crippen molar-refractivity contribution >= 4 is 5.91 Å². The summed E-state index contributed by atoms with van der Waals surface area (Å²) in [7, 11) is 1.62. The Morgan fingerprint density at radius 2 is 2.04 bits per heavy atom. The summed E-state index contributed by atoms with van der Waals surface area (Å²) in [5.41, 5.74) is 2.98. The Morgan fingerprint density at radius 1 is 1.19 bits per heavy atom. The Labute approximate surface area is 156 Å². The van der Waals surface area contributed by atoms with Crippen LogP contribution in [0, 0.1) is 6.92 Å². The summed E-state index contributed by atoms with van der Waals surface area (Å²) < 4.78 is 17.6. The van der Waals surface area contributed by atoms with Gasteiger partial charge in [0.15, 0.2) is 17.2 Å². The van der Waals surface area contributed by atoms with Crippen LogP contribution in [0.4, 0.5) is 0 Å². The molecule has 1 aliphatic rings. The number of carbonyl (C=O) groups excluding carboxylic acids is 1. The van der Waals surface area contributed by atoms with Crippen molar-refractivity contribution in [2.45, 2.75) is 13.5 Å². The third-order valence-electron chi connectivity index (χ3n) is 4.31. The van der Waals surface area contributed by atoms with Crippen molar-refractivity contribution in [3.8, 4) is 22.9 Å². The molecular weight excluding hydrogens is 346 g/mol. The number of benzene rings is 2. The van der Waals surface area contributed by atoms with E-state index < -0.39 is 0 Å². The molecule has 3 aromatic rings. The Kier molecular flexibility index (Phi) is 4.42. The predicted molar refractivity (Wildman–Crippen MR) is 98.6 cm³/mol. The molecule has 27 heavy (non-hydrogen) atoms. The van der Waals surface area contributed by atoms with Gasteiger partial charge in [0, 0.05) is 18.3 Å². The lowest BCUT2D eigenvalue weighted by Crippen LogP contribution is -2.23. The van der Waals surface area contributed by atoms with Crippen LogP contribution in [0.1, 0.15) is 21.7 Å². The standard InChI is InChI=1S/C20H19N3O4/c1-13-8-17(22-23(13)15-4-3-5-16(10-15)25-2)20(24)21-11-14-6-7-18-19(9-14)27-12-26-18/h3-10H,11-12H2,1-2H3,(H,21,24). The van der Waals surface area contributed by atoms with E-state index in [1.807, 2.05) is 49.4 Å². The molecule has 0 atom stereocenters. The SMILES string of the molecule is COc1cccc(-n2nc(C(=O)NCc3ccc4c(c3)OCO4)cc2C)c1. The fourth-order valence-electron chi connectivity index (χ4n) is 2.91. The molecule has 0 spiro atoms. The van der Waals surface area contributed by atoms with Gasteiger partial charge in [-0.2, -0.15) is 5.10 Å². The van der Waals surface area contributed by atoms with Crippen LogP contribution in [0.15, 0.2) is 48.5 Å². The van der Waals surface area contributed by atoms with Crippen molar-refractivity contribution in [2.24, 2.45) is 0 Å². The van der Waals surface area contributed by atoms with Crippen LogP contribution < -0.4 is 19.5 Å². The number of fused-ring (bicyclic) bond motifs is 1. The molecular formula is C20H19N3O4. The number of ether oxygens (including phenoxy) is 3. The molecule has 1 aliphatic heterocycles. The van der Waals surface area contributed by atoms with Gasteiger partial charge in [-0.05, 0) is 42.8 Å². The molecule has 0 radical (unpaired) electrons. The molecule has 0 aliphatic carbocycles. The van der Waals surface area contributed by atoms with Gasteiger partial charge in [-0.15, -0.1) is 0 Å². The first kappa shape index (κ1) is 17.0. The lowest BCUT2D eigenvalue weighted by molar-refractivity contribution is 0.0945. The predicted octanol–water partition coefficient (Wildman–Crippen LogP) is 2.85. The Morgan fingerprint density at radius 3 is 2.89 bits per heavy atom. The van der Waals surface area contributed by atoms with Crippen LogP contribution in [0.3, 0.4) is 0 Å². The number of aryl methyl sites for hydroxylation is 1. The van der Waals surface area contributed by atoms with E-state index in [2.05, 4.69) is 10.4 Å². The van der Waals surface area contributed by atoms with Crippen molar-refractivity contribution in [3.63, 3.8) is 0 Å². The number of hydrogen-bond donors (Lipinski definition) is 1.